The predicted molar refractivity (Wildman–Crippen MR) is 69.6 cm³/mol. The number of hydrogen-bond donors (Lipinski definition) is 1. The normalized spacial score (nSPS) is 10.3. The summed E-state index contributed by atoms with van der Waals surface area (Å²) < 4.78 is 5.35. The summed E-state index contributed by atoms with van der Waals surface area (Å²) in [7, 11) is 2.02. The van der Waals surface area contributed by atoms with Crippen molar-refractivity contribution in [2.24, 2.45) is 0 Å². The Morgan fingerprint density at radius 3 is 2.82 bits per heavy atom. The number of aromatic nitrogens is 2. The van der Waals surface area contributed by atoms with Gasteiger partial charge in [0.15, 0.2) is 0 Å². The Hall–Kier alpha value is -1.36. The molecule has 0 saturated heterocycles. The summed E-state index contributed by atoms with van der Waals surface area (Å²) >= 11 is 0. The van der Waals surface area contributed by atoms with Crippen LogP contribution in [0, 0.1) is 0 Å². The van der Waals surface area contributed by atoms with Gasteiger partial charge in [-0.3, -0.25) is 0 Å². The molecule has 0 atom stereocenters. The number of rotatable bonds is 8. The highest BCUT2D eigenvalue weighted by molar-refractivity contribution is 5.39. The van der Waals surface area contributed by atoms with E-state index in [9.17, 15) is 0 Å². The molecule has 0 amide bonds. The van der Waals surface area contributed by atoms with E-state index in [2.05, 4.69) is 27.1 Å². The summed E-state index contributed by atoms with van der Waals surface area (Å²) in [4.78, 5) is 10.4. The number of nitrogens with zero attached hydrogens (tertiary/aromatic N) is 3. The molecular formula is C12H22N4O. The van der Waals surface area contributed by atoms with Crippen molar-refractivity contribution in [2.75, 3.05) is 38.2 Å². The molecule has 0 spiro atoms. The Labute approximate surface area is 103 Å². The van der Waals surface area contributed by atoms with Crippen molar-refractivity contribution >= 4 is 5.82 Å². The van der Waals surface area contributed by atoms with Crippen LogP contribution in [0.1, 0.15) is 20.3 Å². The molecule has 5 nitrogen and oxygen atoms in total. The van der Waals surface area contributed by atoms with Crippen LogP contribution < -0.4 is 15.0 Å². The smallest absolute Gasteiger partial charge is 0.218 e. The van der Waals surface area contributed by atoms with E-state index in [1.54, 1.807) is 0 Å². The summed E-state index contributed by atoms with van der Waals surface area (Å²) in [6, 6.07) is 1.86. The van der Waals surface area contributed by atoms with Crippen molar-refractivity contribution in [1.82, 2.24) is 15.3 Å². The predicted octanol–water partition coefficient (Wildman–Crippen LogP) is 1.31. The third-order valence-electron chi connectivity index (χ3n) is 2.36. The van der Waals surface area contributed by atoms with Crippen LogP contribution in [0.4, 0.5) is 5.82 Å². The molecule has 0 fully saturated rings. The highest BCUT2D eigenvalue weighted by Crippen LogP contribution is 2.13. The van der Waals surface area contributed by atoms with Gasteiger partial charge in [0.25, 0.3) is 0 Å². The van der Waals surface area contributed by atoms with Gasteiger partial charge in [-0.25, -0.2) is 9.97 Å². The third kappa shape index (κ3) is 4.99. The first-order valence-electron chi connectivity index (χ1n) is 6.14. The van der Waals surface area contributed by atoms with Crippen LogP contribution in [0.2, 0.25) is 0 Å². The second-order valence-corrected chi connectivity index (χ2v) is 3.82. The lowest BCUT2D eigenvalue weighted by molar-refractivity contribution is 0.326. The zero-order chi connectivity index (χ0) is 12.5. The van der Waals surface area contributed by atoms with E-state index >= 15 is 0 Å². The van der Waals surface area contributed by atoms with E-state index in [4.69, 9.17) is 4.74 Å². The molecule has 1 aromatic rings. The van der Waals surface area contributed by atoms with Gasteiger partial charge in [-0.05, 0) is 19.9 Å². The van der Waals surface area contributed by atoms with Crippen LogP contribution in [-0.2, 0) is 0 Å². The summed E-state index contributed by atoms with van der Waals surface area (Å²) in [5.41, 5.74) is 0. The number of likely N-dealkylation sites (N-methyl/N-ethyl adjacent to an activating group) is 1. The molecule has 0 aliphatic heterocycles. The van der Waals surface area contributed by atoms with Gasteiger partial charge in [0.1, 0.15) is 12.1 Å². The van der Waals surface area contributed by atoms with Crippen molar-refractivity contribution < 1.29 is 4.74 Å². The quantitative estimate of drug-likeness (QED) is 0.692. The molecule has 5 heteroatoms. The average Bonchev–Trinajstić information content (AvgIpc) is 2.35. The van der Waals surface area contributed by atoms with Crippen molar-refractivity contribution in [3.63, 3.8) is 0 Å². The van der Waals surface area contributed by atoms with Crippen LogP contribution in [0.3, 0.4) is 0 Å². The van der Waals surface area contributed by atoms with Gasteiger partial charge in [-0.2, -0.15) is 0 Å². The average molecular weight is 238 g/mol. The first kappa shape index (κ1) is 13.7. The molecule has 1 aromatic heterocycles. The second kappa shape index (κ2) is 7.84. The summed E-state index contributed by atoms with van der Waals surface area (Å²) in [6.07, 6.45) is 2.70. The molecule has 96 valence electrons. The Bertz CT molecular complexity index is 319. The summed E-state index contributed by atoms with van der Waals surface area (Å²) in [5, 5.41) is 3.36. The van der Waals surface area contributed by atoms with Gasteiger partial charge in [0.2, 0.25) is 5.88 Å². The molecule has 0 aromatic carbocycles. The van der Waals surface area contributed by atoms with Gasteiger partial charge in [-0.15, -0.1) is 0 Å². The van der Waals surface area contributed by atoms with E-state index in [1.165, 1.54) is 6.33 Å². The third-order valence-corrected chi connectivity index (χ3v) is 2.36. The van der Waals surface area contributed by atoms with Gasteiger partial charge in [0.05, 0.1) is 6.61 Å². The topological polar surface area (TPSA) is 50.3 Å². The minimum atomic E-state index is 0.623. The number of ether oxygens (including phenoxy) is 1. The van der Waals surface area contributed by atoms with Gasteiger partial charge in [-0.1, -0.05) is 6.92 Å². The van der Waals surface area contributed by atoms with Gasteiger partial charge < -0.3 is 15.0 Å². The highest BCUT2D eigenvalue weighted by Gasteiger charge is 2.04. The molecule has 1 heterocycles. The van der Waals surface area contributed by atoms with Crippen LogP contribution in [0.5, 0.6) is 5.88 Å². The first-order valence-corrected chi connectivity index (χ1v) is 6.14. The second-order valence-electron chi connectivity index (χ2n) is 3.82. The van der Waals surface area contributed by atoms with Gasteiger partial charge >= 0.3 is 0 Å². The lowest BCUT2D eigenvalue weighted by atomic mass is 10.4. The fraction of sp³-hybridized carbons (Fsp3) is 0.667. The van der Waals surface area contributed by atoms with Crippen LogP contribution in [0.15, 0.2) is 12.4 Å². The Kier molecular flexibility index (Phi) is 6.32. The number of hydrogen-bond acceptors (Lipinski definition) is 5. The molecule has 1 rings (SSSR count). The molecule has 0 bridgehead atoms. The van der Waals surface area contributed by atoms with Crippen LogP contribution >= 0.6 is 0 Å². The first-order chi connectivity index (χ1) is 8.27. The summed E-state index contributed by atoms with van der Waals surface area (Å²) in [6.45, 7) is 7.66. The van der Waals surface area contributed by atoms with Crippen molar-refractivity contribution in [2.45, 2.75) is 20.3 Å². The van der Waals surface area contributed by atoms with Crippen molar-refractivity contribution in [3.8, 4) is 5.88 Å². The van der Waals surface area contributed by atoms with Crippen molar-refractivity contribution in [3.05, 3.63) is 12.4 Å². The van der Waals surface area contributed by atoms with E-state index in [-0.39, 0.29) is 0 Å². The molecule has 0 radical (unpaired) electrons. The monoisotopic (exact) mass is 238 g/mol. The zero-order valence-corrected chi connectivity index (χ0v) is 10.9. The van der Waals surface area contributed by atoms with Crippen LogP contribution in [-0.4, -0.2) is 43.3 Å². The Morgan fingerprint density at radius 2 is 2.12 bits per heavy atom. The zero-order valence-electron chi connectivity index (χ0n) is 10.9. The largest absolute Gasteiger partial charge is 0.478 e. The maximum atomic E-state index is 5.35. The van der Waals surface area contributed by atoms with E-state index in [0.717, 1.165) is 31.9 Å². The fourth-order valence-electron chi connectivity index (χ4n) is 1.43. The lowest BCUT2D eigenvalue weighted by Crippen LogP contribution is -2.30. The lowest BCUT2D eigenvalue weighted by Gasteiger charge is -2.18. The highest BCUT2D eigenvalue weighted by atomic mass is 16.5. The molecule has 0 unspecified atom stereocenters. The van der Waals surface area contributed by atoms with Crippen LogP contribution in [0.25, 0.3) is 0 Å². The van der Waals surface area contributed by atoms with Crippen molar-refractivity contribution in [1.29, 1.82) is 0 Å². The number of nitrogens with one attached hydrogen (secondary N) is 1. The fourth-order valence-corrected chi connectivity index (χ4v) is 1.43. The summed E-state index contributed by atoms with van der Waals surface area (Å²) in [5.74, 6) is 1.52. The standard InChI is InChI=1S/C12H22N4O/c1-4-6-13-7-8-16(3)11-9-12(17-5-2)15-10-14-11/h9-10,13H,4-8H2,1-3H3. The molecule has 17 heavy (non-hydrogen) atoms. The molecule has 0 aliphatic carbocycles. The van der Waals surface area contributed by atoms with E-state index in [0.29, 0.717) is 12.5 Å². The maximum Gasteiger partial charge on any atom is 0.218 e. The molecular weight excluding hydrogens is 216 g/mol. The SMILES string of the molecule is CCCNCCN(C)c1cc(OCC)ncn1. The molecule has 1 N–H and O–H groups in total. The minimum Gasteiger partial charge on any atom is -0.478 e. The maximum absolute atomic E-state index is 5.35. The van der Waals surface area contributed by atoms with E-state index < -0.39 is 0 Å². The Morgan fingerprint density at radius 1 is 1.29 bits per heavy atom. The minimum absolute atomic E-state index is 0.623. The molecule has 0 saturated carbocycles. The van der Waals surface area contributed by atoms with E-state index in [1.807, 2.05) is 20.0 Å². The van der Waals surface area contributed by atoms with Gasteiger partial charge in [0, 0.05) is 26.2 Å². The molecule has 0 aliphatic rings. The number of anilines is 1. The Balaban J connectivity index is 2.44.